The zero-order chi connectivity index (χ0) is 25.9. The number of hydrogen-bond donors (Lipinski definition) is 1. The van der Waals surface area contributed by atoms with Gasteiger partial charge in [0.2, 0.25) is 11.8 Å². The first-order valence-electron chi connectivity index (χ1n) is 12.0. The third kappa shape index (κ3) is 8.38. The maximum atomic E-state index is 14.1. The molecule has 0 fully saturated rings. The Morgan fingerprint density at radius 1 is 0.944 bits per heavy atom. The number of halogens is 2. The van der Waals surface area contributed by atoms with E-state index < -0.39 is 6.04 Å². The molecule has 2 amide bonds. The Kier molecular flexibility index (Phi) is 10.8. The molecule has 0 heterocycles. The molecule has 0 aromatic heterocycles. The van der Waals surface area contributed by atoms with Gasteiger partial charge in [0.25, 0.3) is 0 Å². The summed E-state index contributed by atoms with van der Waals surface area (Å²) in [6.07, 6.45) is 0.374. The van der Waals surface area contributed by atoms with Crippen LogP contribution in [0.25, 0.3) is 0 Å². The minimum atomic E-state index is -0.719. The molecular weight excluding hydrogens is 495 g/mol. The highest BCUT2D eigenvalue weighted by Crippen LogP contribution is 2.22. The molecule has 3 aromatic rings. The highest BCUT2D eigenvalue weighted by molar-refractivity contribution is 7.99. The van der Waals surface area contributed by atoms with Gasteiger partial charge >= 0.3 is 0 Å². The molecule has 7 heteroatoms. The van der Waals surface area contributed by atoms with Crippen molar-refractivity contribution >= 4 is 35.2 Å². The number of benzene rings is 3. The summed E-state index contributed by atoms with van der Waals surface area (Å²) in [5, 5.41) is 3.54. The predicted molar refractivity (Wildman–Crippen MR) is 146 cm³/mol. The van der Waals surface area contributed by atoms with Crippen molar-refractivity contribution < 1.29 is 14.0 Å². The van der Waals surface area contributed by atoms with Crippen LogP contribution in [0.1, 0.15) is 30.5 Å². The quantitative estimate of drug-likeness (QED) is 0.309. The predicted octanol–water partition coefficient (Wildman–Crippen LogP) is 6.12. The Bertz CT molecular complexity index is 1140. The van der Waals surface area contributed by atoms with Crippen molar-refractivity contribution in [1.82, 2.24) is 10.2 Å². The van der Waals surface area contributed by atoms with Crippen LogP contribution in [0.5, 0.6) is 0 Å². The summed E-state index contributed by atoms with van der Waals surface area (Å²) in [5.41, 5.74) is 2.27. The van der Waals surface area contributed by atoms with Crippen LogP contribution in [0.2, 0.25) is 5.02 Å². The van der Waals surface area contributed by atoms with E-state index in [4.69, 9.17) is 11.6 Å². The van der Waals surface area contributed by atoms with E-state index in [-0.39, 0.29) is 35.8 Å². The fraction of sp³-hybridized carbons (Fsp3) is 0.310. The molecule has 0 spiro atoms. The van der Waals surface area contributed by atoms with E-state index in [9.17, 15) is 14.0 Å². The normalized spacial score (nSPS) is 11.8. The van der Waals surface area contributed by atoms with Crippen molar-refractivity contribution in [3.8, 4) is 0 Å². The Morgan fingerprint density at radius 2 is 1.58 bits per heavy atom. The molecule has 1 unspecified atom stereocenters. The molecule has 36 heavy (non-hydrogen) atoms. The molecule has 0 aliphatic heterocycles. The fourth-order valence-electron chi connectivity index (χ4n) is 3.73. The lowest BCUT2D eigenvalue weighted by molar-refractivity contribution is -0.139. The number of carbonyl (C=O) groups is 2. The minimum Gasteiger partial charge on any atom is -0.354 e. The van der Waals surface area contributed by atoms with Crippen LogP contribution in [-0.4, -0.2) is 35.1 Å². The first kappa shape index (κ1) is 27.8. The summed E-state index contributed by atoms with van der Waals surface area (Å²) < 4.78 is 14.1. The maximum absolute atomic E-state index is 14.1. The van der Waals surface area contributed by atoms with Gasteiger partial charge in [-0.05, 0) is 34.7 Å². The maximum Gasteiger partial charge on any atom is 0.243 e. The molecular formula is C29H32ClFN2O2S. The Balaban J connectivity index is 1.86. The van der Waals surface area contributed by atoms with Crippen LogP contribution < -0.4 is 5.32 Å². The Labute approximate surface area is 222 Å². The summed E-state index contributed by atoms with van der Waals surface area (Å²) in [6.45, 7) is 4.77. The van der Waals surface area contributed by atoms with Crippen molar-refractivity contribution in [2.24, 2.45) is 5.92 Å². The SMILES string of the molecule is CC(C)CNC(=O)C(Cc1ccccc1)N(Cc1ccccc1Cl)C(=O)CSCc1ccccc1F. The number of nitrogens with zero attached hydrogens (tertiary/aromatic N) is 1. The Hall–Kier alpha value is -2.83. The highest BCUT2D eigenvalue weighted by atomic mass is 35.5. The van der Waals surface area contributed by atoms with Gasteiger partial charge in [-0.25, -0.2) is 4.39 Å². The summed E-state index contributed by atoms with van der Waals surface area (Å²) >= 11 is 7.77. The van der Waals surface area contributed by atoms with Gasteiger partial charge in [-0.1, -0.05) is 92.2 Å². The largest absolute Gasteiger partial charge is 0.354 e. The fourth-order valence-corrected chi connectivity index (χ4v) is 4.83. The molecule has 4 nitrogen and oxygen atoms in total. The van der Waals surface area contributed by atoms with Gasteiger partial charge in [0, 0.05) is 30.3 Å². The van der Waals surface area contributed by atoms with Gasteiger partial charge in [0.1, 0.15) is 11.9 Å². The van der Waals surface area contributed by atoms with Crippen molar-refractivity contribution in [3.05, 3.63) is 106 Å². The van der Waals surface area contributed by atoms with E-state index in [1.807, 2.05) is 62.4 Å². The van der Waals surface area contributed by atoms with E-state index in [1.165, 1.54) is 17.8 Å². The third-order valence-corrected chi connectivity index (χ3v) is 7.03. The number of nitrogens with one attached hydrogen (secondary N) is 1. The van der Waals surface area contributed by atoms with E-state index >= 15 is 0 Å². The highest BCUT2D eigenvalue weighted by Gasteiger charge is 2.30. The summed E-state index contributed by atoms with van der Waals surface area (Å²) in [7, 11) is 0. The van der Waals surface area contributed by atoms with Crippen molar-refractivity contribution in [2.45, 2.75) is 38.6 Å². The van der Waals surface area contributed by atoms with E-state index in [1.54, 1.807) is 29.2 Å². The van der Waals surface area contributed by atoms with Crippen LogP contribution in [0.4, 0.5) is 4.39 Å². The van der Waals surface area contributed by atoms with E-state index in [0.717, 1.165) is 11.1 Å². The average Bonchev–Trinajstić information content (AvgIpc) is 2.87. The van der Waals surface area contributed by atoms with Crippen LogP contribution >= 0.6 is 23.4 Å². The number of thioether (sulfide) groups is 1. The number of carbonyl (C=O) groups excluding carboxylic acids is 2. The molecule has 3 aromatic carbocycles. The number of amides is 2. The molecule has 0 aliphatic rings. The molecule has 3 rings (SSSR count). The lowest BCUT2D eigenvalue weighted by atomic mass is 10.0. The lowest BCUT2D eigenvalue weighted by Crippen LogP contribution is -2.51. The zero-order valence-electron chi connectivity index (χ0n) is 20.6. The molecule has 0 saturated carbocycles. The van der Waals surface area contributed by atoms with Gasteiger partial charge in [0.05, 0.1) is 5.75 Å². The van der Waals surface area contributed by atoms with Gasteiger partial charge in [-0.15, -0.1) is 11.8 Å². The molecule has 1 N–H and O–H groups in total. The molecule has 0 radical (unpaired) electrons. The second-order valence-corrected chi connectivity index (χ2v) is 10.4. The van der Waals surface area contributed by atoms with Crippen LogP contribution in [-0.2, 0) is 28.3 Å². The van der Waals surface area contributed by atoms with Gasteiger partial charge in [0.15, 0.2) is 0 Å². The van der Waals surface area contributed by atoms with E-state index in [0.29, 0.717) is 29.3 Å². The average molecular weight is 527 g/mol. The second-order valence-electron chi connectivity index (χ2n) is 9.04. The van der Waals surface area contributed by atoms with Gasteiger partial charge < -0.3 is 10.2 Å². The monoisotopic (exact) mass is 526 g/mol. The lowest BCUT2D eigenvalue weighted by Gasteiger charge is -2.32. The molecule has 0 bridgehead atoms. The van der Waals surface area contributed by atoms with Crippen molar-refractivity contribution in [3.63, 3.8) is 0 Å². The summed E-state index contributed by atoms with van der Waals surface area (Å²) in [6, 6.07) is 22.8. The van der Waals surface area contributed by atoms with Gasteiger partial charge in [-0.2, -0.15) is 0 Å². The topological polar surface area (TPSA) is 49.4 Å². The molecule has 190 valence electrons. The molecule has 0 saturated heterocycles. The number of rotatable bonds is 12. The van der Waals surface area contributed by atoms with Gasteiger partial charge in [-0.3, -0.25) is 9.59 Å². The first-order chi connectivity index (χ1) is 17.3. The van der Waals surface area contributed by atoms with Crippen molar-refractivity contribution in [1.29, 1.82) is 0 Å². The molecule has 0 aliphatic carbocycles. The van der Waals surface area contributed by atoms with E-state index in [2.05, 4.69) is 5.32 Å². The number of hydrogen-bond acceptors (Lipinski definition) is 3. The van der Waals surface area contributed by atoms with Crippen LogP contribution in [0, 0.1) is 11.7 Å². The first-order valence-corrected chi connectivity index (χ1v) is 13.5. The standard InChI is InChI=1S/C29H32ClFN2O2S/c1-21(2)17-32-29(35)27(16-22-10-4-3-5-11-22)33(18-23-12-6-8-14-25(23)30)28(34)20-36-19-24-13-7-9-15-26(24)31/h3-15,21,27H,16-20H2,1-2H3,(H,32,35). The van der Waals surface area contributed by atoms with Crippen LogP contribution in [0.3, 0.4) is 0 Å². The second kappa shape index (κ2) is 14.0. The Morgan fingerprint density at radius 3 is 2.25 bits per heavy atom. The summed E-state index contributed by atoms with van der Waals surface area (Å²) in [5.74, 6) is 0.0580. The summed E-state index contributed by atoms with van der Waals surface area (Å²) in [4.78, 5) is 28.6. The van der Waals surface area contributed by atoms with Crippen LogP contribution in [0.15, 0.2) is 78.9 Å². The molecule has 1 atom stereocenters. The minimum absolute atomic E-state index is 0.113. The smallest absolute Gasteiger partial charge is 0.243 e. The zero-order valence-corrected chi connectivity index (χ0v) is 22.2. The third-order valence-electron chi connectivity index (χ3n) is 5.70. The van der Waals surface area contributed by atoms with Crippen molar-refractivity contribution in [2.75, 3.05) is 12.3 Å².